The fourth-order valence-corrected chi connectivity index (χ4v) is 4.17. The molecule has 0 saturated heterocycles. The van der Waals surface area contributed by atoms with Crippen LogP contribution in [0.4, 0.5) is 0 Å². The number of halogens is 2. The van der Waals surface area contributed by atoms with Crippen molar-refractivity contribution in [2.75, 3.05) is 11.1 Å². The summed E-state index contributed by atoms with van der Waals surface area (Å²) in [6, 6.07) is 3.98. The first-order chi connectivity index (χ1) is 7.15. The van der Waals surface area contributed by atoms with Crippen LogP contribution in [0.15, 0.2) is 27.8 Å². The molecule has 0 N–H and O–H groups in total. The Kier molecular flexibility index (Phi) is 6.24. The average molecular weight is 353 g/mol. The molecule has 0 spiro atoms. The maximum atomic E-state index is 4.34. The Hall–Kier alpha value is 0.460. The monoisotopic (exact) mass is 351 g/mol. The van der Waals surface area contributed by atoms with Gasteiger partial charge >= 0.3 is 0 Å². The van der Waals surface area contributed by atoms with Crippen LogP contribution < -0.4 is 0 Å². The van der Waals surface area contributed by atoms with Crippen LogP contribution in [0.1, 0.15) is 13.8 Å². The highest BCUT2D eigenvalue weighted by molar-refractivity contribution is 9.10. The van der Waals surface area contributed by atoms with Crippen LogP contribution in [0.25, 0.3) is 0 Å². The molecule has 0 bridgehead atoms. The molecule has 0 amide bonds. The van der Waals surface area contributed by atoms with E-state index in [2.05, 4.69) is 50.7 Å². The Morgan fingerprint density at radius 1 is 1.47 bits per heavy atom. The Balaban J connectivity index is 2.53. The number of hydrogen-bond donors (Lipinski definition) is 0. The van der Waals surface area contributed by atoms with E-state index in [0.29, 0.717) is 11.8 Å². The van der Waals surface area contributed by atoms with Gasteiger partial charge in [0.05, 0.1) is 0 Å². The lowest BCUT2D eigenvalue weighted by atomic mass is 10.0. The first-order valence-electron chi connectivity index (χ1n) is 4.94. The number of aromatic nitrogens is 1. The van der Waals surface area contributed by atoms with Crippen molar-refractivity contribution in [3.63, 3.8) is 0 Å². The predicted octanol–water partition coefficient (Wildman–Crippen LogP) is 4.60. The van der Waals surface area contributed by atoms with Crippen LogP contribution in [-0.2, 0) is 0 Å². The molecule has 0 aliphatic heterocycles. The largest absolute Gasteiger partial charge is 0.249 e. The molecule has 15 heavy (non-hydrogen) atoms. The summed E-state index contributed by atoms with van der Waals surface area (Å²) < 4.78 is 1.09. The Labute approximate surface area is 113 Å². The maximum Gasteiger partial charge on any atom is 0.110 e. The van der Waals surface area contributed by atoms with Gasteiger partial charge in [-0.1, -0.05) is 29.8 Å². The van der Waals surface area contributed by atoms with E-state index in [1.54, 1.807) is 0 Å². The summed E-state index contributed by atoms with van der Waals surface area (Å²) in [5, 5.41) is 2.14. The number of rotatable bonds is 5. The van der Waals surface area contributed by atoms with Crippen molar-refractivity contribution in [1.29, 1.82) is 0 Å². The van der Waals surface area contributed by atoms with Crippen LogP contribution in [0.3, 0.4) is 0 Å². The van der Waals surface area contributed by atoms with Crippen LogP contribution in [0.2, 0.25) is 0 Å². The highest BCUT2D eigenvalue weighted by Gasteiger charge is 2.13. The van der Waals surface area contributed by atoms with E-state index < -0.39 is 0 Å². The zero-order valence-electron chi connectivity index (χ0n) is 8.91. The Morgan fingerprint density at radius 3 is 2.73 bits per heavy atom. The molecule has 0 aliphatic rings. The van der Waals surface area contributed by atoms with Gasteiger partial charge in [0.25, 0.3) is 0 Å². The fraction of sp³-hybridized carbons (Fsp3) is 0.545. The van der Waals surface area contributed by atoms with E-state index in [-0.39, 0.29) is 0 Å². The standard InChI is InChI=1S/C11H15Br2NS/c1-8(2)9(6-12)7-15-11-10(13)4-3-5-14-11/h3-5,8-9H,6-7H2,1-2H3. The molecule has 1 atom stereocenters. The summed E-state index contributed by atoms with van der Waals surface area (Å²) in [5.41, 5.74) is 0. The van der Waals surface area contributed by atoms with E-state index in [9.17, 15) is 0 Å². The van der Waals surface area contributed by atoms with Gasteiger partial charge in [-0.2, -0.15) is 0 Å². The van der Waals surface area contributed by atoms with Crippen molar-refractivity contribution in [2.45, 2.75) is 18.9 Å². The van der Waals surface area contributed by atoms with E-state index in [0.717, 1.165) is 20.6 Å². The summed E-state index contributed by atoms with van der Waals surface area (Å²) in [6.45, 7) is 4.53. The third-order valence-electron chi connectivity index (χ3n) is 2.30. The molecular formula is C11H15Br2NS. The van der Waals surface area contributed by atoms with Crippen LogP contribution in [0, 0.1) is 11.8 Å². The summed E-state index contributed by atoms with van der Waals surface area (Å²) in [4.78, 5) is 4.34. The number of nitrogens with zero attached hydrogens (tertiary/aromatic N) is 1. The Morgan fingerprint density at radius 2 is 2.20 bits per heavy atom. The Bertz CT molecular complexity index is 304. The van der Waals surface area contributed by atoms with Gasteiger partial charge in [0.15, 0.2) is 0 Å². The lowest BCUT2D eigenvalue weighted by molar-refractivity contribution is 0.474. The van der Waals surface area contributed by atoms with Gasteiger partial charge in [0.2, 0.25) is 0 Å². The van der Waals surface area contributed by atoms with Gasteiger partial charge in [-0.25, -0.2) is 4.98 Å². The van der Waals surface area contributed by atoms with Gasteiger partial charge in [-0.05, 0) is 39.9 Å². The smallest absolute Gasteiger partial charge is 0.110 e. The van der Waals surface area contributed by atoms with Crippen molar-refractivity contribution in [1.82, 2.24) is 4.98 Å². The molecule has 0 fully saturated rings. The molecule has 1 nitrogen and oxygen atoms in total. The molecule has 1 aromatic heterocycles. The van der Waals surface area contributed by atoms with Gasteiger partial charge < -0.3 is 0 Å². The normalized spacial score (nSPS) is 13.1. The molecule has 0 saturated carbocycles. The third-order valence-corrected chi connectivity index (χ3v) is 5.23. The van der Waals surface area contributed by atoms with Crippen molar-refractivity contribution in [3.8, 4) is 0 Å². The van der Waals surface area contributed by atoms with Gasteiger partial charge in [-0.15, -0.1) is 11.8 Å². The minimum absolute atomic E-state index is 0.698. The van der Waals surface area contributed by atoms with E-state index >= 15 is 0 Å². The van der Waals surface area contributed by atoms with E-state index in [1.807, 2.05) is 30.1 Å². The van der Waals surface area contributed by atoms with Crippen LogP contribution in [0.5, 0.6) is 0 Å². The number of thioether (sulfide) groups is 1. The highest BCUT2D eigenvalue weighted by atomic mass is 79.9. The molecule has 84 valence electrons. The number of pyridine rings is 1. The molecule has 1 heterocycles. The topological polar surface area (TPSA) is 12.9 Å². The molecule has 1 unspecified atom stereocenters. The first-order valence-corrected chi connectivity index (χ1v) is 7.84. The molecule has 1 aromatic rings. The van der Waals surface area contributed by atoms with Gasteiger partial charge in [-0.3, -0.25) is 0 Å². The van der Waals surface area contributed by atoms with Crippen LogP contribution in [-0.4, -0.2) is 16.1 Å². The zero-order valence-corrected chi connectivity index (χ0v) is 12.9. The lowest BCUT2D eigenvalue weighted by Gasteiger charge is -2.17. The second kappa shape index (κ2) is 6.92. The molecule has 4 heteroatoms. The summed E-state index contributed by atoms with van der Waals surface area (Å²) in [7, 11) is 0. The van der Waals surface area contributed by atoms with Crippen molar-refractivity contribution >= 4 is 43.6 Å². The molecule has 0 aromatic carbocycles. The van der Waals surface area contributed by atoms with Crippen LogP contribution >= 0.6 is 43.6 Å². The van der Waals surface area contributed by atoms with Crippen molar-refractivity contribution in [3.05, 3.63) is 22.8 Å². The van der Waals surface area contributed by atoms with Crippen molar-refractivity contribution in [2.24, 2.45) is 11.8 Å². The lowest BCUT2D eigenvalue weighted by Crippen LogP contribution is -2.13. The maximum absolute atomic E-state index is 4.34. The predicted molar refractivity (Wildman–Crippen MR) is 74.8 cm³/mol. The summed E-state index contributed by atoms with van der Waals surface area (Å²) in [5.74, 6) is 2.52. The minimum atomic E-state index is 0.698. The zero-order chi connectivity index (χ0) is 11.3. The fourth-order valence-electron chi connectivity index (χ4n) is 1.08. The first kappa shape index (κ1) is 13.5. The second-order valence-corrected chi connectivity index (χ2v) is 6.27. The molecule has 1 rings (SSSR count). The molecule has 0 radical (unpaired) electrons. The minimum Gasteiger partial charge on any atom is -0.249 e. The van der Waals surface area contributed by atoms with Gasteiger partial charge in [0.1, 0.15) is 5.03 Å². The highest BCUT2D eigenvalue weighted by Crippen LogP contribution is 2.28. The van der Waals surface area contributed by atoms with Gasteiger partial charge in [0, 0.05) is 21.8 Å². The number of hydrogen-bond acceptors (Lipinski definition) is 2. The molecular weight excluding hydrogens is 338 g/mol. The third kappa shape index (κ3) is 4.45. The van der Waals surface area contributed by atoms with Crippen molar-refractivity contribution < 1.29 is 0 Å². The quantitative estimate of drug-likeness (QED) is 0.567. The molecule has 0 aliphatic carbocycles. The second-order valence-electron chi connectivity index (χ2n) is 3.76. The summed E-state index contributed by atoms with van der Waals surface area (Å²) in [6.07, 6.45) is 1.84. The number of alkyl halides is 1. The average Bonchev–Trinajstić information content (AvgIpc) is 2.21. The summed E-state index contributed by atoms with van der Waals surface area (Å²) >= 11 is 8.89. The van der Waals surface area contributed by atoms with E-state index in [1.165, 1.54) is 0 Å². The SMILES string of the molecule is CC(C)C(CBr)CSc1ncccc1Br. The van der Waals surface area contributed by atoms with E-state index in [4.69, 9.17) is 0 Å².